The maximum atomic E-state index is 13.4. The number of hydrogen-bond donors (Lipinski definition) is 1. The minimum Gasteiger partial charge on any atom is -0.472 e. The molecule has 0 saturated heterocycles. The summed E-state index contributed by atoms with van der Waals surface area (Å²) in [6.07, 6.45) is 5.46. The highest BCUT2D eigenvalue weighted by atomic mass is 32.2. The summed E-state index contributed by atoms with van der Waals surface area (Å²) in [5.74, 6) is 5.61. The van der Waals surface area contributed by atoms with Crippen LogP contribution in [0.2, 0.25) is 0 Å². The van der Waals surface area contributed by atoms with Crippen LogP contribution in [0.1, 0.15) is 49.5 Å². The molecule has 0 aliphatic carbocycles. The fourth-order valence-electron chi connectivity index (χ4n) is 3.71. The van der Waals surface area contributed by atoms with E-state index < -0.39 is 22.2 Å². The number of unbranched alkanes of at least 4 members (excludes halogenated alkanes) is 1. The number of aryl methyl sites for hydroxylation is 1. The molecule has 3 rings (SSSR count). The summed E-state index contributed by atoms with van der Waals surface area (Å²) in [7, 11) is -0.673. The summed E-state index contributed by atoms with van der Waals surface area (Å²) >= 11 is 0. The Labute approximate surface area is 207 Å². The number of rotatable bonds is 7. The smallest absolute Gasteiger partial charge is 0.261 e. The van der Waals surface area contributed by atoms with Gasteiger partial charge in [0.2, 0.25) is 5.88 Å². The topological polar surface area (TPSA) is 118 Å². The Morgan fingerprint density at radius 3 is 2.74 bits per heavy atom. The van der Waals surface area contributed by atoms with Crippen molar-refractivity contribution in [1.82, 2.24) is 23.7 Å². The molecule has 11 heteroatoms. The number of hydrogen-bond acceptors (Lipinski definition) is 7. The molecule has 0 saturated carbocycles. The predicted octanol–water partition coefficient (Wildman–Crippen LogP) is 1.51. The van der Waals surface area contributed by atoms with E-state index in [-0.39, 0.29) is 48.0 Å². The Bertz CT molecular complexity index is 1220. The number of pyridine rings is 1. The number of aromatic nitrogens is 3. The van der Waals surface area contributed by atoms with E-state index in [9.17, 15) is 18.3 Å². The number of imidazole rings is 1. The van der Waals surface area contributed by atoms with Crippen molar-refractivity contribution in [2.24, 2.45) is 13.0 Å². The first kappa shape index (κ1) is 26.7. The van der Waals surface area contributed by atoms with E-state index in [0.717, 1.165) is 12.8 Å². The van der Waals surface area contributed by atoms with Crippen LogP contribution in [-0.2, 0) is 17.1 Å². The normalized spacial score (nSPS) is 19.3. The van der Waals surface area contributed by atoms with Gasteiger partial charge in [0, 0.05) is 50.9 Å². The lowest BCUT2D eigenvalue weighted by molar-refractivity contribution is 0.0373. The Morgan fingerprint density at radius 1 is 1.37 bits per heavy atom. The van der Waals surface area contributed by atoms with E-state index >= 15 is 0 Å². The van der Waals surface area contributed by atoms with E-state index in [4.69, 9.17) is 4.74 Å². The SMILES string of the molecule is CCCC#Cc1cnc2c(c1)C(=O)N([C@H](C)CO)C[C@H](C)[C@H](CN(C)S(=O)(=O)c1cn(C)cn1)O2. The zero-order valence-electron chi connectivity index (χ0n) is 20.8. The van der Waals surface area contributed by atoms with Gasteiger partial charge in [-0.15, -0.1) is 0 Å². The van der Waals surface area contributed by atoms with E-state index in [1.165, 1.54) is 23.9 Å². The summed E-state index contributed by atoms with van der Waals surface area (Å²) in [5, 5.41) is 9.73. The van der Waals surface area contributed by atoms with Gasteiger partial charge >= 0.3 is 0 Å². The van der Waals surface area contributed by atoms with Crippen LogP contribution in [0.4, 0.5) is 0 Å². The first-order valence-corrected chi connectivity index (χ1v) is 13.0. The molecule has 3 atom stereocenters. The fraction of sp³-hybridized carbons (Fsp3) is 0.542. The largest absolute Gasteiger partial charge is 0.472 e. The predicted molar refractivity (Wildman–Crippen MR) is 130 cm³/mol. The van der Waals surface area contributed by atoms with Gasteiger partial charge in [-0.1, -0.05) is 25.7 Å². The van der Waals surface area contributed by atoms with Gasteiger partial charge in [0.15, 0.2) is 5.03 Å². The molecule has 1 N–H and O–H groups in total. The van der Waals surface area contributed by atoms with Crippen molar-refractivity contribution < 1.29 is 23.1 Å². The average molecular weight is 504 g/mol. The van der Waals surface area contributed by atoms with Crippen LogP contribution < -0.4 is 4.74 Å². The van der Waals surface area contributed by atoms with Crippen molar-refractivity contribution in [1.29, 1.82) is 0 Å². The van der Waals surface area contributed by atoms with Crippen LogP contribution in [0.5, 0.6) is 5.88 Å². The zero-order chi connectivity index (χ0) is 25.8. The van der Waals surface area contributed by atoms with Gasteiger partial charge in [0.1, 0.15) is 11.7 Å². The third-order valence-electron chi connectivity index (χ3n) is 5.92. The third-order valence-corrected chi connectivity index (χ3v) is 7.63. The van der Waals surface area contributed by atoms with Crippen LogP contribution in [0, 0.1) is 17.8 Å². The van der Waals surface area contributed by atoms with Gasteiger partial charge < -0.3 is 19.3 Å². The molecule has 35 heavy (non-hydrogen) atoms. The van der Waals surface area contributed by atoms with Gasteiger partial charge in [0.05, 0.1) is 25.5 Å². The monoisotopic (exact) mass is 503 g/mol. The molecule has 0 radical (unpaired) electrons. The number of nitrogens with zero attached hydrogens (tertiary/aromatic N) is 5. The van der Waals surface area contributed by atoms with Gasteiger partial charge in [-0.25, -0.2) is 18.4 Å². The van der Waals surface area contributed by atoms with Crippen LogP contribution in [0.25, 0.3) is 0 Å². The van der Waals surface area contributed by atoms with Crippen LogP contribution in [0.3, 0.4) is 0 Å². The molecule has 0 spiro atoms. The number of carbonyl (C=O) groups excluding carboxylic acids is 1. The standard InChI is InChI=1S/C24H33N5O5S/c1-6-7-8-9-19-10-20-23(25-11-19)34-21(17(2)12-29(24(20)31)18(3)15-30)13-28(5)35(32,33)22-14-27(4)16-26-22/h10-11,14,16-18,21,30H,6-7,12-13,15H2,1-5H3/t17-,18+,21-/m0/s1. The second kappa shape index (κ2) is 11.2. The van der Waals surface area contributed by atoms with E-state index in [1.54, 1.807) is 35.7 Å². The molecule has 2 aromatic rings. The molecule has 3 heterocycles. The molecule has 1 aliphatic rings. The van der Waals surface area contributed by atoms with Gasteiger partial charge in [-0.3, -0.25) is 4.79 Å². The molecular formula is C24H33N5O5S. The quantitative estimate of drug-likeness (QED) is 0.569. The van der Waals surface area contributed by atoms with Crippen molar-refractivity contribution in [3.8, 4) is 17.7 Å². The summed E-state index contributed by atoms with van der Waals surface area (Å²) in [4.78, 5) is 23.3. The van der Waals surface area contributed by atoms with Crippen LogP contribution >= 0.6 is 0 Å². The molecule has 0 unspecified atom stereocenters. The number of amides is 1. The number of carbonyl (C=O) groups is 1. The van der Waals surface area contributed by atoms with E-state index in [0.29, 0.717) is 5.56 Å². The lowest BCUT2D eigenvalue weighted by atomic mass is 10.0. The molecular weight excluding hydrogens is 470 g/mol. The number of sulfonamides is 1. The molecule has 10 nitrogen and oxygen atoms in total. The van der Waals surface area contributed by atoms with Crippen molar-refractivity contribution in [2.45, 2.75) is 50.8 Å². The molecule has 0 bridgehead atoms. The first-order chi connectivity index (χ1) is 16.6. The van der Waals surface area contributed by atoms with Gasteiger partial charge in [0.25, 0.3) is 15.9 Å². The average Bonchev–Trinajstić information content (AvgIpc) is 3.28. The second-order valence-corrected chi connectivity index (χ2v) is 10.9. The van der Waals surface area contributed by atoms with Gasteiger partial charge in [-0.2, -0.15) is 4.31 Å². The number of aliphatic hydroxyl groups excluding tert-OH is 1. The minimum atomic E-state index is -3.84. The van der Waals surface area contributed by atoms with E-state index in [2.05, 4.69) is 21.8 Å². The summed E-state index contributed by atoms with van der Waals surface area (Å²) < 4.78 is 35.0. The fourth-order valence-corrected chi connectivity index (χ4v) is 4.85. The summed E-state index contributed by atoms with van der Waals surface area (Å²) in [6.45, 7) is 5.76. The Balaban J connectivity index is 1.97. The van der Waals surface area contributed by atoms with Crippen molar-refractivity contribution in [3.63, 3.8) is 0 Å². The summed E-state index contributed by atoms with van der Waals surface area (Å²) in [5.41, 5.74) is 0.825. The third kappa shape index (κ3) is 6.01. The molecule has 190 valence electrons. The minimum absolute atomic E-state index is 0.0226. The highest BCUT2D eigenvalue weighted by molar-refractivity contribution is 7.89. The highest BCUT2D eigenvalue weighted by Crippen LogP contribution is 2.28. The Hall–Kier alpha value is -2.94. The lowest BCUT2D eigenvalue weighted by Gasteiger charge is -2.37. The van der Waals surface area contributed by atoms with Crippen molar-refractivity contribution in [2.75, 3.05) is 26.7 Å². The van der Waals surface area contributed by atoms with Crippen molar-refractivity contribution >= 4 is 15.9 Å². The van der Waals surface area contributed by atoms with Gasteiger partial charge in [-0.05, 0) is 19.4 Å². The molecule has 0 fully saturated rings. The number of likely N-dealkylation sites (N-methyl/N-ethyl adjacent to an activating group) is 1. The van der Waals surface area contributed by atoms with Crippen LogP contribution in [-0.4, -0.2) is 82.1 Å². The maximum Gasteiger partial charge on any atom is 0.261 e. The molecule has 1 aliphatic heterocycles. The first-order valence-electron chi connectivity index (χ1n) is 11.6. The second-order valence-electron chi connectivity index (χ2n) is 8.91. The molecule has 2 aromatic heterocycles. The van der Waals surface area contributed by atoms with E-state index in [1.807, 2.05) is 13.8 Å². The molecule has 0 aromatic carbocycles. The maximum absolute atomic E-state index is 13.4. The highest BCUT2D eigenvalue weighted by Gasteiger charge is 2.36. The zero-order valence-corrected chi connectivity index (χ0v) is 21.6. The number of fused-ring (bicyclic) bond motifs is 1. The Kier molecular flexibility index (Phi) is 8.53. The van der Waals surface area contributed by atoms with Crippen molar-refractivity contribution in [3.05, 3.63) is 35.9 Å². The summed E-state index contributed by atoms with van der Waals surface area (Å²) in [6, 6.07) is 1.20. The number of ether oxygens (including phenoxy) is 1. The van der Waals surface area contributed by atoms with Crippen LogP contribution in [0.15, 0.2) is 29.8 Å². The lowest BCUT2D eigenvalue weighted by Crippen LogP contribution is -2.50. The molecule has 1 amide bonds. The Morgan fingerprint density at radius 2 is 2.11 bits per heavy atom. The number of aliphatic hydroxyl groups is 1.